The van der Waals surface area contributed by atoms with Crippen molar-refractivity contribution < 1.29 is 23.2 Å². The van der Waals surface area contributed by atoms with Gasteiger partial charge in [-0.3, -0.25) is 0 Å². The van der Waals surface area contributed by atoms with Crippen molar-refractivity contribution >= 4 is 27.7 Å². The second-order valence-corrected chi connectivity index (χ2v) is 3.54. The Balaban J connectivity index is 3.49. The second kappa shape index (κ2) is 5.13. The third-order valence-electron chi connectivity index (χ3n) is 1.80. The van der Waals surface area contributed by atoms with E-state index in [9.17, 15) is 23.7 Å². The summed E-state index contributed by atoms with van der Waals surface area (Å²) in [7, 11) is 1.01. The summed E-state index contributed by atoms with van der Waals surface area (Å²) in [5.41, 5.74) is -1.32. The SMILES string of the molecule is COC(=O)c1c(C(F)F)cc([N+](=O)[O-])nc1Br. The van der Waals surface area contributed by atoms with E-state index in [0.29, 0.717) is 6.07 Å². The highest BCUT2D eigenvalue weighted by molar-refractivity contribution is 9.10. The summed E-state index contributed by atoms with van der Waals surface area (Å²) in [5.74, 6) is -1.82. The van der Waals surface area contributed by atoms with E-state index < -0.39 is 34.3 Å². The van der Waals surface area contributed by atoms with E-state index in [1.165, 1.54) is 0 Å². The van der Waals surface area contributed by atoms with Crippen molar-refractivity contribution in [2.45, 2.75) is 6.43 Å². The quantitative estimate of drug-likeness (QED) is 0.371. The normalized spacial score (nSPS) is 10.4. The Kier molecular flexibility index (Phi) is 4.05. The van der Waals surface area contributed by atoms with Gasteiger partial charge in [-0.05, 0) is 9.91 Å². The molecule has 0 radical (unpaired) electrons. The standard InChI is InChI=1S/C8H5BrF2N2O4/c1-17-8(14)5-3(7(10)11)2-4(13(15)16)12-6(5)9/h2,7H,1H3. The molecule has 0 saturated carbocycles. The van der Waals surface area contributed by atoms with E-state index >= 15 is 0 Å². The maximum atomic E-state index is 12.7. The fourth-order valence-electron chi connectivity index (χ4n) is 1.09. The minimum Gasteiger partial charge on any atom is -0.465 e. The van der Waals surface area contributed by atoms with Crippen molar-refractivity contribution in [3.8, 4) is 0 Å². The van der Waals surface area contributed by atoms with Crippen molar-refractivity contribution in [2.24, 2.45) is 0 Å². The van der Waals surface area contributed by atoms with Crippen LogP contribution in [0.15, 0.2) is 10.7 Å². The summed E-state index contributed by atoms with van der Waals surface area (Å²) >= 11 is 2.73. The highest BCUT2D eigenvalue weighted by Crippen LogP contribution is 2.31. The lowest BCUT2D eigenvalue weighted by Crippen LogP contribution is -2.10. The molecule has 92 valence electrons. The first-order valence-corrected chi connectivity index (χ1v) is 4.89. The maximum Gasteiger partial charge on any atom is 0.365 e. The van der Waals surface area contributed by atoms with Crippen LogP contribution in [-0.4, -0.2) is 23.0 Å². The number of nitro groups is 1. The number of ether oxygens (including phenoxy) is 1. The van der Waals surface area contributed by atoms with E-state index in [0.717, 1.165) is 7.11 Å². The van der Waals surface area contributed by atoms with Crippen LogP contribution in [0.3, 0.4) is 0 Å². The fourth-order valence-corrected chi connectivity index (χ4v) is 1.66. The van der Waals surface area contributed by atoms with Gasteiger partial charge in [0.1, 0.15) is 5.56 Å². The van der Waals surface area contributed by atoms with Gasteiger partial charge in [0.05, 0.1) is 7.11 Å². The highest BCUT2D eigenvalue weighted by Gasteiger charge is 2.29. The molecule has 0 unspecified atom stereocenters. The molecule has 0 aliphatic carbocycles. The second-order valence-electron chi connectivity index (χ2n) is 2.78. The van der Waals surface area contributed by atoms with Gasteiger partial charge in [0.2, 0.25) is 4.60 Å². The number of nitrogens with zero attached hydrogens (tertiary/aromatic N) is 2. The van der Waals surface area contributed by atoms with Crippen LogP contribution in [-0.2, 0) is 4.74 Å². The molecule has 1 heterocycles. The smallest absolute Gasteiger partial charge is 0.365 e. The molecule has 0 aliphatic heterocycles. The number of rotatable bonds is 3. The molecule has 9 heteroatoms. The minimum absolute atomic E-state index is 0.353. The molecule has 1 rings (SSSR count). The molecule has 0 atom stereocenters. The van der Waals surface area contributed by atoms with Gasteiger partial charge >= 0.3 is 11.8 Å². The van der Waals surface area contributed by atoms with Crippen molar-refractivity contribution in [2.75, 3.05) is 7.11 Å². The van der Waals surface area contributed by atoms with E-state index in [1.54, 1.807) is 0 Å². The molecule has 0 fully saturated rings. The summed E-state index contributed by atoms with van der Waals surface area (Å²) in [6.45, 7) is 0. The first-order valence-electron chi connectivity index (χ1n) is 4.09. The van der Waals surface area contributed by atoms with Crippen LogP contribution < -0.4 is 0 Å². The lowest BCUT2D eigenvalue weighted by Gasteiger charge is -2.06. The molecular formula is C8H5BrF2N2O4. The molecule has 6 nitrogen and oxygen atoms in total. The van der Waals surface area contributed by atoms with E-state index in [2.05, 4.69) is 25.7 Å². The van der Waals surface area contributed by atoms with Crippen molar-refractivity contribution in [1.82, 2.24) is 4.98 Å². The van der Waals surface area contributed by atoms with Gasteiger partial charge < -0.3 is 14.9 Å². The molecule has 0 saturated heterocycles. The number of carbonyl (C=O) groups excluding carboxylic acids is 1. The largest absolute Gasteiger partial charge is 0.465 e. The molecule has 0 N–H and O–H groups in total. The number of halogens is 3. The van der Waals surface area contributed by atoms with Gasteiger partial charge in [-0.2, -0.15) is 0 Å². The molecule has 0 spiro atoms. The molecule has 0 amide bonds. The monoisotopic (exact) mass is 310 g/mol. The van der Waals surface area contributed by atoms with Crippen LogP contribution in [0.1, 0.15) is 22.3 Å². The van der Waals surface area contributed by atoms with Gasteiger partial charge in [0.25, 0.3) is 6.43 Å². The number of esters is 1. The number of hydrogen-bond donors (Lipinski definition) is 0. The lowest BCUT2D eigenvalue weighted by atomic mass is 10.1. The third kappa shape index (κ3) is 2.73. The van der Waals surface area contributed by atoms with Gasteiger partial charge in [0, 0.05) is 27.6 Å². The molecular weight excluding hydrogens is 306 g/mol. The number of pyridine rings is 1. The van der Waals surface area contributed by atoms with Gasteiger partial charge in [-0.15, -0.1) is 0 Å². The average Bonchev–Trinajstić information content (AvgIpc) is 2.26. The predicted molar refractivity (Wildman–Crippen MR) is 54.9 cm³/mol. The summed E-state index contributed by atoms with van der Waals surface area (Å²) < 4.78 is 29.3. The van der Waals surface area contributed by atoms with E-state index in [-0.39, 0.29) is 4.60 Å². The van der Waals surface area contributed by atoms with Crippen LogP contribution in [0.4, 0.5) is 14.6 Å². The van der Waals surface area contributed by atoms with E-state index in [1.807, 2.05) is 0 Å². The van der Waals surface area contributed by atoms with Crippen molar-refractivity contribution in [3.63, 3.8) is 0 Å². The highest BCUT2D eigenvalue weighted by atomic mass is 79.9. The lowest BCUT2D eigenvalue weighted by molar-refractivity contribution is -0.389. The van der Waals surface area contributed by atoms with Gasteiger partial charge in [-0.25, -0.2) is 13.6 Å². The fraction of sp³-hybridized carbons (Fsp3) is 0.250. The zero-order chi connectivity index (χ0) is 13.2. The number of methoxy groups -OCH3 is 1. The minimum atomic E-state index is -3.05. The van der Waals surface area contributed by atoms with Crippen molar-refractivity contribution in [3.05, 3.63) is 31.9 Å². The van der Waals surface area contributed by atoms with Crippen LogP contribution in [0.25, 0.3) is 0 Å². The van der Waals surface area contributed by atoms with Crippen LogP contribution in [0.2, 0.25) is 0 Å². The summed E-state index contributed by atoms with van der Waals surface area (Å²) in [5, 5.41) is 10.4. The summed E-state index contributed by atoms with van der Waals surface area (Å²) in [6.07, 6.45) is -3.05. The number of alkyl halides is 2. The maximum absolute atomic E-state index is 12.7. The molecule has 0 aromatic carbocycles. The molecule has 1 aromatic heterocycles. The first-order chi connectivity index (χ1) is 7.88. The van der Waals surface area contributed by atoms with Crippen LogP contribution >= 0.6 is 15.9 Å². The number of carbonyl (C=O) groups is 1. The van der Waals surface area contributed by atoms with Crippen LogP contribution in [0.5, 0.6) is 0 Å². The molecule has 0 bridgehead atoms. The zero-order valence-electron chi connectivity index (χ0n) is 8.32. The summed E-state index contributed by atoms with van der Waals surface area (Å²) in [4.78, 5) is 24.1. The van der Waals surface area contributed by atoms with E-state index in [4.69, 9.17) is 0 Å². The Morgan fingerprint density at radius 3 is 2.65 bits per heavy atom. The summed E-state index contributed by atoms with van der Waals surface area (Å²) in [6, 6.07) is 0.543. The van der Waals surface area contributed by atoms with Gasteiger partial charge in [-0.1, -0.05) is 0 Å². The Hall–Kier alpha value is -1.64. The predicted octanol–water partition coefficient (Wildman–Crippen LogP) is 2.48. The number of aromatic nitrogens is 1. The van der Waals surface area contributed by atoms with Gasteiger partial charge in [0.15, 0.2) is 0 Å². The Morgan fingerprint density at radius 1 is 1.65 bits per heavy atom. The Bertz CT molecular complexity index is 481. The first kappa shape index (κ1) is 13.4. The Labute approximate surface area is 102 Å². The molecule has 1 aromatic rings. The topological polar surface area (TPSA) is 82.3 Å². The van der Waals surface area contributed by atoms with Crippen molar-refractivity contribution in [1.29, 1.82) is 0 Å². The van der Waals surface area contributed by atoms with Crippen LogP contribution in [0, 0.1) is 10.1 Å². The number of hydrogen-bond acceptors (Lipinski definition) is 5. The molecule has 17 heavy (non-hydrogen) atoms. The zero-order valence-corrected chi connectivity index (χ0v) is 9.90. The average molecular weight is 311 g/mol. The molecule has 0 aliphatic rings. The third-order valence-corrected chi connectivity index (χ3v) is 2.38. The Morgan fingerprint density at radius 2 is 2.24 bits per heavy atom.